The minimum atomic E-state index is -0.171. The first-order valence-electron chi connectivity index (χ1n) is 7.09. The summed E-state index contributed by atoms with van der Waals surface area (Å²) in [6.07, 6.45) is 3.61. The van der Waals surface area contributed by atoms with E-state index in [9.17, 15) is 4.39 Å². The molecule has 0 bridgehead atoms. The lowest BCUT2D eigenvalue weighted by Crippen LogP contribution is -2.45. The van der Waals surface area contributed by atoms with Gasteiger partial charge in [0.25, 0.3) is 0 Å². The molecule has 0 amide bonds. The number of halogens is 2. The number of benzene rings is 1. The summed E-state index contributed by atoms with van der Waals surface area (Å²) in [5.41, 5.74) is 1.06. The monoisotopic (exact) mass is 328 g/mol. The van der Waals surface area contributed by atoms with E-state index in [1.165, 1.54) is 12.8 Å². The normalized spacial score (nSPS) is 19.9. The maximum atomic E-state index is 13.6. The Bertz CT molecular complexity index is 405. The summed E-state index contributed by atoms with van der Waals surface area (Å²) in [4.78, 5) is 2.48. The van der Waals surface area contributed by atoms with E-state index in [1.807, 2.05) is 6.07 Å². The molecule has 1 aromatic rings. The predicted octanol–water partition coefficient (Wildman–Crippen LogP) is 3.55. The topological polar surface area (TPSA) is 15.3 Å². The summed E-state index contributed by atoms with van der Waals surface area (Å²) in [5, 5.41) is 3.46. The molecule has 0 saturated carbocycles. The van der Waals surface area contributed by atoms with Gasteiger partial charge in [-0.2, -0.15) is 0 Å². The highest BCUT2D eigenvalue weighted by atomic mass is 79.9. The highest BCUT2D eigenvalue weighted by molar-refractivity contribution is 9.10. The summed E-state index contributed by atoms with van der Waals surface area (Å²) in [7, 11) is 0. The van der Waals surface area contributed by atoms with Crippen LogP contribution >= 0.6 is 15.9 Å². The van der Waals surface area contributed by atoms with Gasteiger partial charge in [-0.15, -0.1) is 0 Å². The predicted molar refractivity (Wildman–Crippen MR) is 80.7 cm³/mol. The average molecular weight is 329 g/mol. The van der Waals surface area contributed by atoms with Crippen LogP contribution in [-0.4, -0.2) is 30.6 Å². The van der Waals surface area contributed by atoms with Crippen molar-refractivity contribution in [2.24, 2.45) is 0 Å². The number of rotatable bonds is 5. The minimum Gasteiger partial charge on any atom is -0.315 e. The van der Waals surface area contributed by atoms with Crippen LogP contribution in [-0.2, 0) is 6.54 Å². The second kappa shape index (κ2) is 7.36. The van der Waals surface area contributed by atoms with E-state index in [-0.39, 0.29) is 5.82 Å². The lowest BCUT2D eigenvalue weighted by molar-refractivity contribution is 0.158. The molecule has 2 rings (SSSR count). The van der Waals surface area contributed by atoms with Crippen LogP contribution in [0.3, 0.4) is 0 Å². The molecule has 1 heterocycles. The number of hydrogen-bond acceptors (Lipinski definition) is 2. The molecular weight excluding hydrogens is 307 g/mol. The Kier molecular flexibility index (Phi) is 5.79. The van der Waals surface area contributed by atoms with Crippen LogP contribution < -0.4 is 5.32 Å². The Morgan fingerprint density at radius 3 is 2.95 bits per heavy atom. The van der Waals surface area contributed by atoms with Crippen LogP contribution in [0.1, 0.15) is 31.7 Å². The van der Waals surface area contributed by atoms with Gasteiger partial charge in [-0.3, -0.25) is 4.90 Å². The molecule has 0 spiro atoms. The number of nitrogens with zero attached hydrogens (tertiary/aromatic N) is 1. The fourth-order valence-electron chi connectivity index (χ4n) is 2.70. The number of nitrogens with one attached hydrogen (secondary N) is 1. The van der Waals surface area contributed by atoms with Crippen molar-refractivity contribution in [3.63, 3.8) is 0 Å². The molecule has 2 nitrogen and oxygen atoms in total. The van der Waals surface area contributed by atoms with Gasteiger partial charge in [-0.25, -0.2) is 4.39 Å². The standard InChI is InChI=1S/C15H22BrFN2/c1-2-8-19(13-4-3-7-18-10-13)11-12-5-6-14(16)15(17)9-12/h5-6,9,13,18H,2-4,7-8,10-11H2,1H3. The molecule has 4 heteroatoms. The number of piperidine rings is 1. The molecule has 1 aromatic carbocycles. The molecule has 19 heavy (non-hydrogen) atoms. The van der Waals surface area contributed by atoms with E-state index >= 15 is 0 Å². The van der Waals surface area contributed by atoms with E-state index in [4.69, 9.17) is 0 Å². The first-order chi connectivity index (χ1) is 9.20. The second-order valence-corrected chi connectivity index (χ2v) is 6.07. The van der Waals surface area contributed by atoms with Crippen molar-refractivity contribution in [1.29, 1.82) is 0 Å². The molecule has 1 aliphatic heterocycles. The Morgan fingerprint density at radius 2 is 2.32 bits per heavy atom. The van der Waals surface area contributed by atoms with Gasteiger partial charge in [-0.1, -0.05) is 13.0 Å². The molecular formula is C15H22BrFN2. The van der Waals surface area contributed by atoms with E-state index in [0.29, 0.717) is 10.5 Å². The smallest absolute Gasteiger partial charge is 0.137 e. The zero-order valence-corrected chi connectivity index (χ0v) is 13.0. The van der Waals surface area contributed by atoms with Crippen molar-refractivity contribution >= 4 is 15.9 Å². The lowest BCUT2D eigenvalue weighted by atomic mass is 10.0. The zero-order valence-electron chi connectivity index (χ0n) is 11.5. The molecule has 0 radical (unpaired) electrons. The van der Waals surface area contributed by atoms with Crippen molar-refractivity contribution in [2.75, 3.05) is 19.6 Å². The van der Waals surface area contributed by atoms with Crippen LogP contribution in [0.25, 0.3) is 0 Å². The third kappa shape index (κ3) is 4.26. The third-order valence-corrected chi connectivity index (χ3v) is 4.31. The summed E-state index contributed by atoms with van der Waals surface area (Å²) < 4.78 is 14.1. The zero-order chi connectivity index (χ0) is 13.7. The summed E-state index contributed by atoms with van der Waals surface area (Å²) in [5.74, 6) is -0.171. The van der Waals surface area contributed by atoms with Crippen LogP contribution in [0.15, 0.2) is 22.7 Å². The van der Waals surface area contributed by atoms with Crippen molar-refractivity contribution < 1.29 is 4.39 Å². The molecule has 1 saturated heterocycles. The first kappa shape index (κ1) is 14.9. The van der Waals surface area contributed by atoms with E-state index in [0.717, 1.165) is 38.2 Å². The average Bonchev–Trinajstić information content (AvgIpc) is 2.43. The second-order valence-electron chi connectivity index (χ2n) is 5.22. The highest BCUT2D eigenvalue weighted by Gasteiger charge is 2.20. The van der Waals surface area contributed by atoms with Crippen molar-refractivity contribution in [1.82, 2.24) is 10.2 Å². The van der Waals surface area contributed by atoms with Gasteiger partial charge in [0, 0.05) is 19.1 Å². The van der Waals surface area contributed by atoms with Gasteiger partial charge in [0.05, 0.1) is 4.47 Å². The molecule has 0 aromatic heterocycles. The lowest BCUT2D eigenvalue weighted by Gasteiger charge is -2.34. The van der Waals surface area contributed by atoms with Crippen molar-refractivity contribution in [3.05, 3.63) is 34.1 Å². The largest absolute Gasteiger partial charge is 0.315 e. The quantitative estimate of drug-likeness (QED) is 0.889. The fraction of sp³-hybridized carbons (Fsp3) is 0.600. The van der Waals surface area contributed by atoms with Crippen molar-refractivity contribution in [2.45, 2.75) is 38.8 Å². The van der Waals surface area contributed by atoms with Gasteiger partial charge >= 0.3 is 0 Å². The van der Waals surface area contributed by atoms with Gasteiger partial charge in [0.1, 0.15) is 5.82 Å². The Morgan fingerprint density at radius 1 is 1.47 bits per heavy atom. The maximum Gasteiger partial charge on any atom is 0.137 e. The van der Waals surface area contributed by atoms with Gasteiger partial charge in [-0.05, 0) is 66.0 Å². The molecule has 1 N–H and O–H groups in total. The Labute approximate surface area is 123 Å². The Hall–Kier alpha value is -0.450. The molecule has 0 aliphatic carbocycles. The first-order valence-corrected chi connectivity index (χ1v) is 7.88. The van der Waals surface area contributed by atoms with Gasteiger partial charge < -0.3 is 5.32 Å². The van der Waals surface area contributed by atoms with E-state index < -0.39 is 0 Å². The summed E-state index contributed by atoms with van der Waals surface area (Å²) in [6.45, 7) is 6.29. The summed E-state index contributed by atoms with van der Waals surface area (Å²) >= 11 is 3.20. The van der Waals surface area contributed by atoms with E-state index in [2.05, 4.69) is 33.1 Å². The van der Waals surface area contributed by atoms with E-state index in [1.54, 1.807) is 12.1 Å². The van der Waals surface area contributed by atoms with Crippen LogP contribution in [0.5, 0.6) is 0 Å². The molecule has 1 aliphatic rings. The van der Waals surface area contributed by atoms with Crippen LogP contribution in [0, 0.1) is 5.82 Å². The highest BCUT2D eigenvalue weighted by Crippen LogP contribution is 2.19. The minimum absolute atomic E-state index is 0.171. The van der Waals surface area contributed by atoms with Gasteiger partial charge in [0.15, 0.2) is 0 Å². The maximum absolute atomic E-state index is 13.6. The SMILES string of the molecule is CCCN(Cc1ccc(Br)c(F)c1)C1CCCNC1. The molecule has 1 atom stereocenters. The molecule has 1 unspecified atom stereocenters. The molecule has 106 valence electrons. The Balaban J connectivity index is 2.04. The number of hydrogen-bond donors (Lipinski definition) is 1. The van der Waals surface area contributed by atoms with Crippen molar-refractivity contribution in [3.8, 4) is 0 Å². The summed E-state index contributed by atoms with van der Waals surface area (Å²) in [6, 6.07) is 6.03. The molecule has 1 fully saturated rings. The van der Waals surface area contributed by atoms with Gasteiger partial charge in [0.2, 0.25) is 0 Å². The third-order valence-electron chi connectivity index (χ3n) is 3.67. The fourth-order valence-corrected chi connectivity index (χ4v) is 2.94. The van der Waals surface area contributed by atoms with Crippen LogP contribution in [0.2, 0.25) is 0 Å². The van der Waals surface area contributed by atoms with Crippen LogP contribution in [0.4, 0.5) is 4.39 Å².